The molecule has 126 valence electrons. The second kappa shape index (κ2) is 15.9. The molecular weight excluding hydrogens is 288 g/mol. The second-order valence-electron chi connectivity index (χ2n) is 4.74. The third-order valence-corrected chi connectivity index (χ3v) is 2.63. The molecule has 1 heterocycles. The van der Waals surface area contributed by atoms with Crippen LogP contribution in [0.2, 0.25) is 0 Å². The van der Waals surface area contributed by atoms with E-state index in [0.717, 1.165) is 37.6 Å². The summed E-state index contributed by atoms with van der Waals surface area (Å²) in [6.45, 7) is 19.8. The van der Waals surface area contributed by atoms with E-state index < -0.39 is 5.97 Å². The molecule has 4 heteroatoms. The van der Waals surface area contributed by atoms with Crippen LogP contribution in [0.4, 0.5) is 0 Å². The van der Waals surface area contributed by atoms with Gasteiger partial charge in [-0.1, -0.05) is 32.4 Å². The first-order valence-electron chi connectivity index (χ1n) is 7.29. The van der Waals surface area contributed by atoms with Crippen molar-refractivity contribution in [2.45, 2.75) is 6.92 Å². The zero-order valence-corrected chi connectivity index (χ0v) is 14.1. The molecule has 4 nitrogen and oxygen atoms in total. The van der Waals surface area contributed by atoms with Crippen molar-refractivity contribution >= 4 is 5.97 Å². The number of quaternary nitrogens is 1. The van der Waals surface area contributed by atoms with E-state index in [2.05, 4.69) is 31.3 Å². The van der Waals surface area contributed by atoms with Crippen molar-refractivity contribution in [2.75, 3.05) is 26.2 Å². The average Bonchev–Trinajstić information content (AvgIpc) is 2.50. The van der Waals surface area contributed by atoms with Gasteiger partial charge in [0.2, 0.25) is 0 Å². The molecule has 0 spiro atoms. The van der Waals surface area contributed by atoms with Crippen LogP contribution in [-0.2, 0) is 4.79 Å². The highest BCUT2D eigenvalue weighted by molar-refractivity contribution is 5.60. The summed E-state index contributed by atoms with van der Waals surface area (Å²) in [5.74, 6) is -1.08. The number of aromatic nitrogens is 1. The van der Waals surface area contributed by atoms with Gasteiger partial charge < -0.3 is 14.4 Å². The Morgan fingerprint density at radius 1 is 0.913 bits per heavy atom. The van der Waals surface area contributed by atoms with Crippen LogP contribution in [0.5, 0.6) is 0 Å². The number of hydrogen-bond acceptors (Lipinski definition) is 3. The summed E-state index contributed by atoms with van der Waals surface area (Å²) < 4.78 is 0.903. The molecule has 0 atom stereocenters. The Hall–Kier alpha value is -2.46. The highest BCUT2D eigenvalue weighted by atomic mass is 16.4. The van der Waals surface area contributed by atoms with E-state index in [9.17, 15) is 0 Å². The van der Waals surface area contributed by atoms with Crippen LogP contribution in [0.3, 0.4) is 0 Å². The number of carboxylic acids is 1. The maximum atomic E-state index is 8.89. The fourth-order valence-electron chi connectivity index (χ4n) is 1.86. The number of nitrogens with zero attached hydrogens (tertiary/aromatic N) is 2. The van der Waals surface area contributed by atoms with Crippen molar-refractivity contribution in [3.05, 3.63) is 81.2 Å². The normalized spacial score (nSPS) is 9.09. The summed E-state index contributed by atoms with van der Waals surface area (Å²) >= 11 is 0. The number of rotatable bonds is 8. The lowest BCUT2D eigenvalue weighted by Gasteiger charge is -2.35. The number of hydrogen-bond donors (Lipinski definition) is 0. The maximum Gasteiger partial charge on any atom is 0.0978 e. The van der Waals surface area contributed by atoms with E-state index in [1.807, 2.05) is 42.5 Å². The zero-order valence-electron chi connectivity index (χ0n) is 14.1. The lowest BCUT2D eigenvalue weighted by molar-refractivity contribution is -0.906. The molecule has 0 N–H and O–H groups in total. The van der Waals surface area contributed by atoms with Crippen LogP contribution < -0.4 is 5.11 Å². The van der Waals surface area contributed by atoms with Crippen molar-refractivity contribution < 1.29 is 14.4 Å². The predicted molar refractivity (Wildman–Crippen MR) is 95.4 cm³/mol. The van der Waals surface area contributed by atoms with E-state index in [0.29, 0.717) is 0 Å². The van der Waals surface area contributed by atoms with Crippen LogP contribution in [0.15, 0.2) is 81.2 Å². The molecule has 0 bridgehead atoms. The number of pyridine rings is 1. The Morgan fingerprint density at radius 2 is 1.22 bits per heavy atom. The van der Waals surface area contributed by atoms with Crippen molar-refractivity contribution in [3.8, 4) is 0 Å². The SMILES string of the molecule is C=CC[N+](CC=C)(CC=C)CC=C.CC(=O)[O-].c1ccncc1. The van der Waals surface area contributed by atoms with Gasteiger partial charge in [0.15, 0.2) is 0 Å². The third-order valence-electron chi connectivity index (χ3n) is 2.63. The molecule has 0 aliphatic heterocycles. The predicted octanol–water partition coefficient (Wildman–Crippen LogP) is 2.38. The molecule has 0 saturated heterocycles. The van der Waals surface area contributed by atoms with Gasteiger partial charge in [-0.25, -0.2) is 0 Å². The first kappa shape index (κ1) is 22.8. The summed E-state index contributed by atoms with van der Waals surface area (Å²) in [6, 6.07) is 5.72. The fourth-order valence-corrected chi connectivity index (χ4v) is 1.86. The third kappa shape index (κ3) is 15.7. The molecule has 1 aromatic heterocycles. The quantitative estimate of drug-likeness (QED) is 0.546. The molecular formula is C19H28N2O2. The molecule has 23 heavy (non-hydrogen) atoms. The molecule has 0 amide bonds. The highest BCUT2D eigenvalue weighted by Crippen LogP contribution is 2.07. The molecule has 0 radical (unpaired) electrons. The van der Waals surface area contributed by atoms with Crippen molar-refractivity contribution in [3.63, 3.8) is 0 Å². The van der Waals surface area contributed by atoms with Crippen LogP contribution in [0.25, 0.3) is 0 Å². The molecule has 1 rings (SSSR count). The van der Waals surface area contributed by atoms with Gasteiger partial charge in [0.05, 0.1) is 26.2 Å². The lowest BCUT2D eigenvalue weighted by Crippen LogP contribution is -2.48. The summed E-state index contributed by atoms with van der Waals surface area (Å²) in [5, 5.41) is 8.89. The lowest BCUT2D eigenvalue weighted by atomic mass is 10.3. The number of carbonyl (C=O) groups excluding carboxylic acids is 1. The number of aliphatic carboxylic acids is 1. The van der Waals surface area contributed by atoms with Crippen molar-refractivity contribution in [1.29, 1.82) is 0 Å². The van der Waals surface area contributed by atoms with Gasteiger partial charge in [0, 0.05) is 18.4 Å². The van der Waals surface area contributed by atoms with Gasteiger partial charge in [-0.2, -0.15) is 0 Å². The number of carbonyl (C=O) groups is 1. The molecule has 0 aromatic carbocycles. The van der Waals surface area contributed by atoms with Crippen molar-refractivity contribution in [2.24, 2.45) is 0 Å². The monoisotopic (exact) mass is 316 g/mol. The summed E-state index contributed by atoms with van der Waals surface area (Å²) in [4.78, 5) is 12.7. The Bertz CT molecular complexity index is 379. The van der Waals surface area contributed by atoms with E-state index in [-0.39, 0.29) is 0 Å². The van der Waals surface area contributed by atoms with Gasteiger partial charge in [-0.05, 0) is 43.4 Å². The topological polar surface area (TPSA) is 53.0 Å². The summed E-state index contributed by atoms with van der Waals surface area (Å²) in [6.07, 6.45) is 11.3. The minimum Gasteiger partial charge on any atom is -0.550 e. The standard InChI is InChI=1S/C12H20N.C5H5N.C2H4O2/c1-5-9-13(10-6-2,11-7-3)12-8-4;1-2-4-6-5-3-1;1-2(3)4/h5-8H,1-4,9-12H2;1-5H;1H3,(H,3,4)/q+1;;/p-1. The van der Waals surface area contributed by atoms with Crippen LogP contribution >= 0.6 is 0 Å². The Balaban J connectivity index is 0. The minimum atomic E-state index is -1.08. The van der Waals surface area contributed by atoms with E-state index in [4.69, 9.17) is 9.90 Å². The number of carboxylic acid groups (broad SMARTS) is 1. The van der Waals surface area contributed by atoms with Gasteiger partial charge in [0.25, 0.3) is 0 Å². The Labute approximate surface area is 140 Å². The van der Waals surface area contributed by atoms with Crippen molar-refractivity contribution in [1.82, 2.24) is 4.98 Å². The minimum absolute atomic E-state index is 0.903. The molecule has 0 aliphatic carbocycles. The summed E-state index contributed by atoms with van der Waals surface area (Å²) in [7, 11) is 0. The summed E-state index contributed by atoms with van der Waals surface area (Å²) in [5.41, 5.74) is 0. The zero-order chi connectivity index (χ0) is 18.0. The fraction of sp³-hybridized carbons (Fsp3) is 0.263. The first-order chi connectivity index (χ1) is 11.0. The van der Waals surface area contributed by atoms with E-state index >= 15 is 0 Å². The highest BCUT2D eigenvalue weighted by Gasteiger charge is 2.20. The molecule has 0 aliphatic rings. The smallest absolute Gasteiger partial charge is 0.0978 e. The Kier molecular flexibility index (Phi) is 15.8. The molecule has 0 fully saturated rings. The second-order valence-corrected chi connectivity index (χ2v) is 4.74. The molecule has 0 unspecified atom stereocenters. The van der Waals surface area contributed by atoms with E-state index in [1.165, 1.54) is 0 Å². The van der Waals surface area contributed by atoms with Gasteiger partial charge in [0.1, 0.15) is 0 Å². The average molecular weight is 316 g/mol. The largest absolute Gasteiger partial charge is 0.550 e. The van der Waals surface area contributed by atoms with Crippen LogP contribution in [0.1, 0.15) is 6.92 Å². The van der Waals surface area contributed by atoms with Gasteiger partial charge in [-0.15, -0.1) is 0 Å². The Morgan fingerprint density at radius 3 is 1.35 bits per heavy atom. The van der Waals surface area contributed by atoms with Gasteiger partial charge in [-0.3, -0.25) is 4.98 Å². The maximum absolute atomic E-state index is 8.89. The van der Waals surface area contributed by atoms with Gasteiger partial charge >= 0.3 is 0 Å². The van der Waals surface area contributed by atoms with Crippen LogP contribution in [-0.4, -0.2) is 41.6 Å². The molecule has 1 aromatic rings. The molecule has 0 saturated carbocycles. The van der Waals surface area contributed by atoms with Crippen LogP contribution in [0, 0.1) is 0 Å². The first-order valence-corrected chi connectivity index (χ1v) is 7.29. The van der Waals surface area contributed by atoms with E-state index in [1.54, 1.807) is 12.4 Å².